The van der Waals surface area contributed by atoms with E-state index in [0.717, 1.165) is 15.6 Å². The van der Waals surface area contributed by atoms with Gasteiger partial charge in [0.05, 0.1) is 6.61 Å². The molecule has 0 aliphatic carbocycles. The molecule has 7 heteroatoms. The zero-order valence-electron chi connectivity index (χ0n) is 15.8. The van der Waals surface area contributed by atoms with E-state index in [1.165, 1.54) is 0 Å². The van der Waals surface area contributed by atoms with Gasteiger partial charge >= 0.3 is 0 Å². The first-order valence-corrected chi connectivity index (χ1v) is 9.83. The lowest BCUT2D eigenvalue weighted by Gasteiger charge is -2.18. The molecule has 0 aliphatic rings. The van der Waals surface area contributed by atoms with Crippen molar-refractivity contribution >= 4 is 21.8 Å². The van der Waals surface area contributed by atoms with Crippen molar-refractivity contribution in [1.82, 2.24) is 15.5 Å². The van der Waals surface area contributed by atoms with E-state index in [4.69, 9.17) is 9.26 Å². The van der Waals surface area contributed by atoms with Crippen molar-refractivity contribution in [2.45, 2.75) is 26.5 Å². The highest BCUT2D eigenvalue weighted by molar-refractivity contribution is 9.10. The molecule has 6 nitrogen and oxygen atoms in total. The summed E-state index contributed by atoms with van der Waals surface area (Å²) in [6.07, 6.45) is 0. The summed E-state index contributed by atoms with van der Waals surface area (Å²) in [5, 5.41) is 6.97. The number of nitrogens with one attached hydrogen (secondary N) is 1. The minimum Gasteiger partial charge on any atom is -0.367 e. The fourth-order valence-corrected chi connectivity index (χ4v) is 2.91. The second-order valence-electron chi connectivity index (χ2n) is 6.73. The van der Waals surface area contributed by atoms with Gasteiger partial charge in [0.25, 0.3) is 0 Å². The Hall–Kier alpha value is -2.51. The SMILES string of the molecule is CC(C)C(NC(=O)COCc1ccccc1)c1nc(-c2ccc(Br)cc2)no1. The van der Waals surface area contributed by atoms with E-state index in [-0.39, 0.29) is 24.5 Å². The molecule has 0 radical (unpaired) electrons. The predicted molar refractivity (Wildman–Crippen MR) is 109 cm³/mol. The van der Waals surface area contributed by atoms with Gasteiger partial charge in [0, 0.05) is 10.0 Å². The topological polar surface area (TPSA) is 77.2 Å². The number of benzene rings is 2. The van der Waals surface area contributed by atoms with Gasteiger partial charge in [-0.3, -0.25) is 4.79 Å². The standard InChI is InChI=1S/C21H22BrN3O3/c1-14(2)19(23-18(26)13-27-12-15-6-4-3-5-7-15)21-24-20(25-28-21)16-8-10-17(22)11-9-16/h3-11,14,19H,12-13H2,1-2H3,(H,23,26). The van der Waals surface area contributed by atoms with E-state index < -0.39 is 0 Å². The van der Waals surface area contributed by atoms with Crippen molar-refractivity contribution in [3.05, 3.63) is 70.5 Å². The van der Waals surface area contributed by atoms with Gasteiger partial charge in [-0.25, -0.2) is 0 Å². The highest BCUT2D eigenvalue weighted by Crippen LogP contribution is 2.24. The Morgan fingerprint density at radius 3 is 2.54 bits per heavy atom. The van der Waals surface area contributed by atoms with E-state index in [1.807, 2.05) is 68.4 Å². The lowest BCUT2D eigenvalue weighted by molar-refractivity contribution is -0.127. The zero-order chi connectivity index (χ0) is 19.9. The van der Waals surface area contributed by atoms with Gasteiger partial charge in [-0.1, -0.05) is 65.3 Å². The van der Waals surface area contributed by atoms with Crippen molar-refractivity contribution in [1.29, 1.82) is 0 Å². The van der Waals surface area contributed by atoms with Gasteiger partial charge in [-0.2, -0.15) is 4.98 Å². The second-order valence-corrected chi connectivity index (χ2v) is 7.65. The van der Waals surface area contributed by atoms with E-state index >= 15 is 0 Å². The van der Waals surface area contributed by atoms with Crippen molar-refractivity contribution in [2.24, 2.45) is 5.92 Å². The van der Waals surface area contributed by atoms with Crippen molar-refractivity contribution < 1.29 is 14.1 Å². The molecule has 0 aliphatic heterocycles. The molecule has 1 N–H and O–H groups in total. The van der Waals surface area contributed by atoms with E-state index in [1.54, 1.807) is 0 Å². The van der Waals surface area contributed by atoms with E-state index in [9.17, 15) is 4.79 Å². The van der Waals surface area contributed by atoms with Gasteiger partial charge in [-0.15, -0.1) is 0 Å². The zero-order valence-corrected chi connectivity index (χ0v) is 17.3. The number of rotatable bonds is 8. The number of carbonyl (C=O) groups excluding carboxylic acids is 1. The Morgan fingerprint density at radius 1 is 1.14 bits per heavy atom. The lowest BCUT2D eigenvalue weighted by atomic mass is 10.0. The van der Waals surface area contributed by atoms with Gasteiger partial charge in [0.2, 0.25) is 17.6 Å². The molecule has 3 rings (SSSR count). The summed E-state index contributed by atoms with van der Waals surface area (Å²) < 4.78 is 11.9. The minimum absolute atomic E-state index is 0.0359. The van der Waals surface area contributed by atoms with Crippen LogP contribution in [0.25, 0.3) is 11.4 Å². The summed E-state index contributed by atoms with van der Waals surface area (Å²) in [6, 6.07) is 17.0. The van der Waals surface area contributed by atoms with Crippen LogP contribution in [0.4, 0.5) is 0 Å². The number of ether oxygens (including phenoxy) is 1. The number of hydrogen-bond acceptors (Lipinski definition) is 5. The van der Waals surface area contributed by atoms with Gasteiger partial charge in [-0.05, 0) is 35.7 Å². The molecule has 1 unspecified atom stereocenters. The van der Waals surface area contributed by atoms with Crippen molar-refractivity contribution in [2.75, 3.05) is 6.61 Å². The fourth-order valence-electron chi connectivity index (χ4n) is 2.64. The molecule has 0 saturated heterocycles. The van der Waals surface area contributed by atoms with Gasteiger partial charge in [0.15, 0.2) is 0 Å². The summed E-state index contributed by atoms with van der Waals surface area (Å²) >= 11 is 3.40. The number of halogens is 1. The molecule has 1 atom stereocenters. The molecule has 1 amide bonds. The summed E-state index contributed by atoms with van der Waals surface area (Å²) in [6.45, 7) is 4.32. The molecule has 0 fully saturated rings. The third-order valence-corrected chi connectivity index (χ3v) is 4.67. The van der Waals surface area contributed by atoms with Crippen LogP contribution in [0, 0.1) is 5.92 Å². The smallest absolute Gasteiger partial charge is 0.249 e. The molecule has 0 saturated carbocycles. The Labute approximate surface area is 172 Å². The van der Waals surface area contributed by atoms with Crippen LogP contribution in [-0.2, 0) is 16.1 Å². The van der Waals surface area contributed by atoms with Crippen LogP contribution in [-0.4, -0.2) is 22.7 Å². The number of amides is 1. The first-order chi connectivity index (χ1) is 13.5. The van der Waals surface area contributed by atoms with Crippen LogP contribution in [0.1, 0.15) is 31.3 Å². The molecule has 0 bridgehead atoms. The molecule has 1 aromatic heterocycles. The fraction of sp³-hybridized carbons (Fsp3) is 0.286. The van der Waals surface area contributed by atoms with E-state index in [0.29, 0.717) is 18.3 Å². The Kier molecular flexibility index (Phi) is 6.95. The van der Waals surface area contributed by atoms with Crippen LogP contribution in [0.5, 0.6) is 0 Å². The van der Waals surface area contributed by atoms with Crippen molar-refractivity contribution in [3.8, 4) is 11.4 Å². The Morgan fingerprint density at radius 2 is 1.86 bits per heavy atom. The normalized spacial score (nSPS) is 12.1. The van der Waals surface area contributed by atoms with E-state index in [2.05, 4.69) is 31.4 Å². The lowest BCUT2D eigenvalue weighted by Crippen LogP contribution is -2.34. The first kappa shape index (κ1) is 20.2. The largest absolute Gasteiger partial charge is 0.367 e. The summed E-state index contributed by atoms with van der Waals surface area (Å²) in [4.78, 5) is 16.8. The molecule has 3 aromatic rings. The molecule has 146 valence electrons. The Balaban J connectivity index is 1.60. The number of hydrogen-bond donors (Lipinski definition) is 1. The molecule has 28 heavy (non-hydrogen) atoms. The molecular formula is C21H22BrN3O3. The minimum atomic E-state index is -0.385. The third-order valence-electron chi connectivity index (χ3n) is 4.14. The van der Waals surface area contributed by atoms with Crippen LogP contribution < -0.4 is 5.32 Å². The molecule has 1 heterocycles. The van der Waals surface area contributed by atoms with Crippen LogP contribution in [0.15, 0.2) is 63.6 Å². The number of aromatic nitrogens is 2. The maximum absolute atomic E-state index is 12.3. The van der Waals surface area contributed by atoms with Crippen LogP contribution in [0.3, 0.4) is 0 Å². The van der Waals surface area contributed by atoms with Crippen LogP contribution >= 0.6 is 15.9 Å². The average Bonchev–Trinajstić information content (AvgIpc) is 3.17. The highest BCUT2D eigenvalue weighted by atomic mass is 79.9. The predicted octanol–water partition coefficient (Wildman–Crippen LogP) is 4.53. The average molecular weight is 444 g/mol. The number of nitrogens with zero attached hydrogens (tertiary/aromatic N) is 2. The summed E-state index contributed by atoms with van der Waals surface area (Å²) in [5.41, 5.74) is 1.87. The quantitative estimate of drug-likeness (QED) is 0.553. The number of carbonyl (C=O) groups is 1. The third kappa shape index (κ3) is 5.50. The Bertz CT molecular complexity index is 895. The molecular weight excluding hydrogens is 422 g/mol. The van der Waals surface area contributed by atoms with Gasteiger partial charge < -0.3 is 14.6 Å². The second kappa shape index (κ2) is 9.61. The first-order valence-electron chi connectivity index (χ1n) is 9.03. The molecule has 2 aromatic carbocycles. The maximum Gasteiger partial charge on any atom is 0.249 e. The highest BCUT2D eigenvalue weighted by Gasteiger charge is 2.25. The summed E-state index contributed by atoms with van der Waals surface area (Å²) in [7, 11) is 0. The van der Waals surface area contributed by atoms with Gasteiger partial charge in [0.1, 0.15) is 12.6 Å². The molecule has 0 spiro atoms. The van der Waals surface area contributed by atoms with Crippen LogP contribution in [0.2, 0.25) is 0 Å². The monoisotopic (exact) mass is 443 g/mol. The summed E-state index contributed by atoms with van der Waals surface area (Å²) in [5.74, 6) is 0.723. The van der Waals surface area contributed by atoms with Crippen molar-refractivity contribution in [3.63, 3.8) is 0 Å². The maximum atomic E-state index is 12.3.